The SMILES string of the molecule is COc1ccc(C2(c3ccc(N4CCOCC4)cc3)C=Cc3c4c(c5cccc(OC)c5c3O2)-c2ccc(-c3ccccc3)cc2C4(C)C)cc1. The molecule has 0 N–H and O–H groups in total. The lowest BCUT2D eigenvalue weighted by Crippen LogP contribution is -2.37. The zero-order valence-electron chi connectivity index (χ0n) is 29.5. The molecule has 6 aromatic carbocycles. The number of methoxy groups -OCH3 is 2. The topological polar surface area (TPSA) is 40.2 Å². The van der Waals surface area contributed by atoms with E-state index in [1.165, 1.54) is 39.1 Å². The molecule has 3 aliphatic rings. The summed E-state index contributed by atoms with van der Waals surface area (Å²) in [6.45, 7) is 7.95. The van der Waals surface area contributed by atoms with Crippen molar-refractivity contribution in [2.24, 2.45) is 0 Å². The van der Waals surface area contributed by atoms with Gasteiger partial charge in [0.05, 0.1) is 32.8 Å². The Hall–Kier alpha value is -5.52. The Kier molecular flexibility index (Phi) is 7.44. The van der Waals surface area contributed by atoms with E-state index < -0.39 is 5.60 Å². The zero-order valence-corrected chi connectivity index (χ0v) is 29.5. The van der Waals surface area contributed by atoms with Gasteiger partial charge in [-0.05, 0) is 81.2 Å². The van der Waals surface area contributed by atoms with Crippen LogP contribution in [0.3, 0.4) is 0 Å². The summed E-state index contributed by atoms with van der Waals surface area (Å²) in [4.78, 5) is 2.38. The zero-order chi connectivity index (χ0) is 34.7. The number of benzene rings is 6. The molecule has 1 atom stereocenters. The molecule has 1 unspecified atom stereocenters. The number of nitrogens with zero attached hydrogens (tertiary/aromatic N) is 1. The predicted octanol–water partition coefficient (Wildman–Crippen LogP) is 10.0. The third-order valence-electron chi connectivity index (χ3n) is 11.1. The number of fused-ring (bicyclic) bond motifs is 8. The molecule has 1 fully saturated rings. The lowest BCUT2D eigenvalue weighted by molar-refractivity contribution is 0.122. The standard InChI is InChI=1S/C46H41NO4/c1-45(2)39-29-31(30-9-6-5-7-10-30)13-22-36(39)41-37-11-8-12-40(49-4)42(37)44-38(43(41)45)23-24-46(51-44,33-16-20-35(48-3)21-17-33)32-14-18-34(19-15-32)47-25-27-50-28-26-47/h5-24,29H,25-28H2,1-4H3. The van der Waals surface area contributed by atoms with Crippen molar-refractivity contribution < 1.29 is 18.9 Å². The molecule has 5 nitrogen and oxygen atoms in total. The maximum absolute atomic E-state index is 7.58. The van der Waals surface area contributed by atoms with Crippen LogP contribution in [0.2, 0.25) is 0 Å². The summed E-state index contributed by atoms with van der Waals surface area (Å²) in [5.41, 5.74) is 10.7. The van der Waals surface area contributed by atoms with Crippen LogP contribution in [-0.2, 0) is 15.8 Å². The highest BCUT2D eigenvalue weighted by Crippen LogP contribution is 2.59. The highest BCUT2D eigenvalue weighted by Gasteiger charge is 2.45. The number of morpholine rings is 1. The first-order valence-electron chi connectivity index (χ1n) is 17.8. The maximum Gasteiger partial charge on any atom is 0.178 e. The molecule has 0 aromatic heterocycles. The number of anilines is 1. The Morgan fingerprint density at radius 1 is 0.706 bits per heavy atom. The molecule has 6 aromatic rings. The lowest BCUT2D eigenvalue weighted by atomic mass is 9.76. The Balaban J connectivity index is 1.27. The molecule has 2 heterocycles. The molecule has 0 bridgehead atoms. The van der Waals surface area contributed by atoms with Gasteiger partial charge in [0.25, 0.3) is 0 Å². The van der Waals surface area contributed by atoms with Gasteiger partial charge in [-0.3, -0.25) is 0 Å². The van der Waals surface area contributed by atoms with Crippen molar-refractivity contribution in [2.75, 3.05) is 45.4 Å². The van der Waals surface area contributed by atoms with E-state index in [4.69, 9.17) is 18.9 Å². The van der Waals surface area contributed by atoms with Gasteiger partial charge in [-0.15, -0.1) is 0 Å². The first-order chi connectivity index (χ1) is 24.9. The van der Waals surface area contributed by atoms with Crippen molar-refractivity contribution in [2.45, 2.75) is 24.9 Å². The van der Waals surface area contributed by atoms with Crippen LogP contribution in [-0.4, -0.2) is 40.5 Å². The van der Waals surface area contributed by atoms with Gasteiger partial charge < -0.3 is 23.8 Å². The molecular formula is C46H41NO4. The van der Waals surface area contributed by atoms with E-state index in [1.54, 1.807) is 14.2 Å². The minimum atomic E-state index is -0.902. The fourth-order valence-corrected chi connectivity index (χ4v) is 8.53. The quantitative estimate of drug-likeness (QED) is 0.176. The van der Waals surface area contributed by atoms with E-state index in [0.29, 0.717) is 0 Å². The van der Waals surface area contributed by atoms with E-state index >= 15 is 0 Å². The Bertz CT molecular complexity index is 2300. The average Bonchev–Trinajstić information content (AvgIpc) is 3.44. The van der Waals surface area contributed by atoms with Gasteiger partial charge in [0.15, 0.2) is 5.60 Å². The summed E-state index contributed by atoms with van der Waals surface area (Å²) in [7, 11) is 3.45. The molecular weight excluding hydrogens is 631 g/mol. The van der Waals surface area contributed by atoms with Crippen molar-refractivity contribution in [1.29, 1.82) is 0 Å². The highest BCUT2D eigenvalue weighted by atomic mass is 16.5. The normalized spacial score (nSPS) is 18.5. The molecule has 9 rings (SSSR count). The minimum Gasteiger partial charge on any atom is -0.497 e. The first-order valence-corrected chi connectivity index (χ1v) is 17.8. The first kappa shape index (κ1) is 31.5. The van der Waals surface area contributed by atoms with E-state index in [1.807, 2.05) is 18.2 Å². The fraction of sp³-hybridized carbons (Fsp3) is 0.217. The summed E-state index contributed by atoms with van der Waals surface area (Å²) in [5, 5.41) is 2.11. The molecule has 0 saturated carbocycles. The monoisotopic (exact) mass is 671 g/mol. The molecule has 51 heavy (non-hydrogen) atoms. The van der Waals surface area contributed by atoms with E-state index in [0.717, 1.165) is 71.0 Å². The minimum absolute atomic E-state index is 0.287. The number of rotatable bonds is 6. The van der Waals surface area contributed by atoms with E-state index in [-0.39, 0.29) is 5.41 Å². The van der Waals surface area contributed by atoms with Gasteiger partial charge >= 0.3 is 0 Å². The second-order valence-corrected chi connectivity index (χ2v) is 14.2. The lowest BCUT2D eigenvalue weighted by Gasteiger charge is -2.39. The van der Waals surface area contributed by atoms with Crippen LogP contribution in [0.5, 0.6) is 17.2 Å². The Morgan fingerprint density at radius 3 is 2.14 bits per heavy atom. The van der Waals surface area contributed by atoms with Crippen LogP contribution in [0, 0.1) is 0 Å². The molecule has 1 aliphatic carbocycles. The van der Waals surface area contributed by atoms with Crippen molar-refractivity contribution in [1.82, 2.24) is 0 Å². The van der Waals surface area contributed by atoms with Gasteiger partial charge in [-0.2, -0.15) is 0 Å². The second kappa shape index (κ2) is 12.1. The molecule has 1 saturated heterocycles. The fourth-order valence-electron chi connectivity index (χ4n) is 8.53. The molecule has 0 amide bonds. The predicted molar refractivity (Wildman–Crippen MR) is 206 cm³/mol. The summed E-state index contributed by atoms with van der Waals surface area (Å²) in [6, 6.07) is 41.0. The van der Waals surface area contributed by atoms with Crippen molar-refractivity contribution in [3.8, 4) is 39.5 Å². The number of hydrogen-bond donors (Lipinski definition) is 0. The summed E-state index contributed by atoms with van der Waals surface area (Å²) in [5.74, 6) is 2.43. The van der Waals surface area contributed by atoms with Crippen LogP contribution in [0.1, 0.15) is 41.7 Å². The van der Waals surface area contributed by atoms with Crippen LogP contribution in [0.25, 0.3) is 39.1 Å². The number of hydrogen-bond acceptors (Lipinski definition) is 5. The smallest absolute Gasteiger partial charge is 0.178 e. The summed E-state index contributed by atoms with van der Waals surface area (Å²) < 4.78 is 24.9. The Labute approximate surface area is 299 Å². The third kappa shape index (κ3) is 4.86. The summed E-state index contributed by atoms with van der Waals surface area (Å²) in [6.07, 6.45) is 4.55. The largest absolute Gasteiger partial charge is 0.497 e. The molecule has 0 radical (unpaired) electrons. The molecule has 254 valence electrons. The van der Waals surface area contributed by atoms with Crippen LogP contribution < -0.4 is 19.1 Å². The van der Waals surface area contributed by atoms with Gasteiger partial charge in [0.2, 0.25) is 0 Å². The molecule has 2 aliphatic heterocycles. The van der Waals surface area contributed by atoms with Crippen LogP contribution in [0.4, 0.5) is 5.69 Å². The third-order valence-corrected chi connectivity index (χ3v) is 11.1. The molecule has 5 heteroatoms. The van der Waals surface area contributed by atoms with Crippen molar-refractivity contribution in [3.63, 3.8) is 0 Å². The second-order valence-electron chi connectivity index (χ2n) is 14.2. The highest BCUT2D eigenvalue weighted by molar-refractivity contribution is 6.11. The number of ether oxygens (including phenoxy) is 4. The average molecular weight is 672 g/mol. The molecule has 0 spiro atoms. The van der Waals surface area contributed by atoms with Crippen LogP contribution in [0.15, 0.2) is 121 Å². The van der Waals surface area contributed by atoms with Gasteiger partial charge in [0, 0.05) is 40.9 Å². The van der Waals surface area contributed by atoms with Crippen LogP contribution >= 0.6 is 0 Å². The van der Waals surface area contributed by atoms with Gasteiger partial charge in [-0.1, -0.05) is 98.8 Å². The summed E-state index contributed by atoms with van der Waals surface area (Å²) >= 11 is 0. The van der Waals surface area contributed by atoms with E-state index in [2.05, 4.69) is 128 Å². The van der Waals surface area contributed by atoms with Gasteiger partial charge in [0.1, 0.15) is 17.2 Å². The van der Waals surface area contributed by atoms with Crippen molar-refractivity contribution in [3.05, 3.63) is 149 Å². The maximum atomic E-state index is 7.58. The van der Waals surface area contributed by atoms with Crippen molar-refractivity contribution >= 4 is 22.5 Å². The van der Waals surface area contributed by atoms with Gasteiger partial charge in [-0.25, -0.2) is 0 Å². The Morgan fingerprint density at radius 2 is 1.43 bits per heavy atom. The van der Waals surface area contributed by atoms with E-state index in [9.17, 15) is 0 Å².